The lowest BCUT2D eigenvalue weighted by molar-refractivity contribution is 0.181. The van der Waals surface area contributed by atoms with E-state index >= 15 is 0 Å². The molecule has 1 heterocycles. The molecular formula is C22H30N2O. The molecule has 0 atom stereocenters. The molecule has 0 saturated heterocycles. The summed E-state index contributed by atoms with van der Waals surface area (Å²) in [5.74, 6) is 2.62. The molecule has 1 saturated carbocycles. The predicted octanol–water partition coefficient (Wildman–Crippen LogP) is 5.69. The van der Waals surface area contributed by atoms with Gasteiger partial charge in [0.1, 0.15) is 5.75 Å². The lowest BCUT2D eigenvalue weighted by atomic mass is 9.81. The SMILES string of the molecule is CCCc1cnc(-c2ccc(OC[C@H]3CC[C@H](CC)CC3)cc2)cn1. The normalized spacial score (nSPS) is 20.4. The van der Waals surface area contributed by atoms with Crippen molar-refractivity contribution in [1.29, 1.82) is 0 Å². The summed E-state index contributed by atoms with van der Waals surface area (Å²) in [6.07, 6.45) is 12.5. The maximum Gasteiger partial charge on any atom is 0.119 e. The van der Waals surface area contributed by atoms with Crippen LogP contribution in [0.15, 0.2) is 36.7 Å². The monoisotopic (exact) mass is 338 g/mol. The Morgan fingerprint density at radius 1 is 0.920 bits per heavy atom. The zero-order valence-electron chi connectivity index (χ0n) is 15.6. The Bertz CT molecular complexity index is 628. The zero-order valence-corrected chi connectivity index (χ0v) is 15.6. The van der Waals surface area contributed by atoms with E-state index in [0.717, 1.165) is 54.0 Å². The van der Waals surface area contributed by atoms with Crippen LogP contribution < -0.4 is 4.74 Å². The average molecular weight is 338 g/mol. The number of hydrogen-bond acceptors (Lipinski definition) is 3. The molecule has 0 spiro atoms. The van der Waals surface area contributed by atoms with Gasteiger partial charge in [0.25, 0.3) is 0 Å². The average Bonchev–Trinajstić information content (AvgIpc) is 2.68. The van der Waals surface area contributed by atoms with Gasteiger partial charge in [-0.15, -0.1) is 0 Å². The molecule has 1 aliphatic rings. The van der Waals surface area contributed by atoms with E-state index in [1.807, 2.05) is 12.4 Å². The smallest absolute Gasteiger partial charge is 0.119 e. The number of hydrogen-bond donors (Lipinski definition) is 0. The molecule has 2 aromatic rings. The van der Waals surface area contributed by atoms with Gasteiger partial charge < -0.3 is 4.74 Å². The summed E-state index contributed by atoms with van der Waals surface area (Å²) in [7, 11) is 0. The second-order valence-electron chi connectivity index (χ2n) is 7.27. The minimum Gasteiger partial charge on any atom is -0.493 e. The standard InChI is InChI=1S/C22H30N2O/c1-3-5-20-14-24-22(15-23-20)19-10-12-21(13-11-19)25-16-18-8-6-17(4-2)7-9-18/h10-15,17-18H,3-9,16H2,1-2H3/t17-,18-. The highest BCUT2D eigenvalue weighted by Crippen LogP contribution is 2.31. The quantitative estimate of drug-likeness (QED) is 0.650. The van der Waals surface area contributed by atoms with E-state index in [1.54, 1.807) is 0 Å². The van der Waals surface area contributed by atoms with Crippen molar-refractivity contribution in [3.63, 3.8) is 0 Å². The number of benzene rings is 1. The van der Waals surface area contributed by atoms with E-state index in [2.05, 4.69) is 48.1 Å². The number of nitrogens with zero attached hydrogens (tertiary/aromatic N) is 2. The lowest BCUT2D eigenvalue weighted by Crippen LogP contribution is -2.19. The molecular weight excluding hydrogens is 308 g/mol. The van der Waals surface area contributed by atoms with Crippen molar-refractivity contribution in [2.75, 3.05) is 6.61 Å². The van der Waals surface area contributed by atoms with Crippen molar-refractivity contribution in [1.82, 2.24) is 9.97 Å². The second-order valence-corrected chi connectivity index (χ2v) is 7.27. The Kier molecular flexibility index (Phi) is 6.43. The van der Waals surface area contributed by atoms with Crippen molar-refractivity contribution in [2.24, 2.45) is 11.8 Å². The Morgan fingerprint density at radius 3 is 2.24 bits per heavy atom. The van der Waals surface area contributed by atoms with Gasteiger partial charge in [-0.2, -0.15) is 0 Å². The molecule has 3 nitrogen and oxygen atoms in total. The maximum absolute atomic E-state index is 6.02. The van der Waals surface area contributed by atoms with Crippen LogP contribution in [0.3, 0.4) is 0 Å². The first-order valence-corrected chi connectivity index (χ1v) is 9.82. The van der Waals surface area contributed by atoms with Gasteiger partial charge in [0.2, 0.25) is 0 Å². The van der Waals surface area contributed by atoms with Gasteiger partial charge in [0, 0.05) is 11.8 Å². The highest BCUT2D eigenvalue weighted by atomic mass is 16.5. The van der Waals surface area contributed by atoms with Crippen molar-refractivity contribution >= 4 is 0 Å². The molecule has 0 bridgehead atoms. The van der Waals surface area contributed by atoms with Crippen molar-refractivity contribution in [3.8, 4) is 17.0 Å². The van der Waals surface area contributed by atoms with E-state index in [1.165, 1.54) is 32.1 Å². The van der Waals surface area contributed by atoms with Crippen LogP contribution in [0.5, 0.6) is 5.75 Å². The van der Waals surface area contributed by atoms with Crippen LogP contribution in [0, 0.1) is 11.8 Å². The Morgan fingerprint density at radius 2 is 1.64 bits per heavy atom. The third-order valence-electron chi connectivity index (χ3n) is 5.39. The summed E-state index contributed by atoms with van der Waals surface area (Å²) in [4.78, 5) is 9.01. The molecule has 134 valence electrons. The first-order valence-electron chi connectivity index (χ1n) is 9.82. The van der Waals surface area contributed by atoms with E-state index in [0.29, 0.717) is 0 Å². The summed E-state index contributed by atoms with van der Waals surface area (Å²) >= 11 is 0. The molecule has 1 aromatic heterocycles. The molecule has 0 N–H and O–H groups in total. The third kappa shape index (κ3) is 5.04. The fraction of sp³-hybridized carbons (Fsp3) is 0.545. The Hall–Kier alpha value is -1.90. The number of ether oxygens (including phenoxy) is 1. The molecule has 1 aromatic carbocycles. The lowest BCUT2D eigenvalue weighted by Gasteiger charge is -2.27. The van der Waals surface area contributed by atoms with Gasteiger partial charge >= 0.3 is 0 Å². The first kappa shape index (κ1) is 17.9. The van der Waals surface area contributed by atoms with E-state index < -0.39 is 0 Å². The molecule has 3 rings (SSSR count). The first-order chi connectivity index (χ1) is 12.3. The topological polar surface area (TPSA) is 35.0 Å². The third-order valence-corrected chi connectivity index (χ3v) is 5.39. The van der Waals surface area contributed by atoms with Gasteiger partial charge in [-0.05, 0) is 55.4 Å². The van der Waals surface area contributed by atoms with Crippen molar-refractivity contribution in [3.05, 3.63) is 42.4 Å². The van der Waals surface area contributed by atoms with Crippen LogP contribution in [-0.2, 0) is 6.42 Å². The highest BCUT2D eigenvalue weighted by Gasteiger charge is 2.20. The molecule has 1 aliphatic carbocycles. The summed E-state index contributed by atoms with van der Waals surface area (Å²) in [6.45, 7) is 5.32. The van der Waals surface area contributed by atoms with Crippen LogP contribution in [0.4, 0.5) is 0 Å². The summed E-state index contributed by atoms with van der Waals surface area (Å²) < 4.78 is 6.02. The molecule has 3 heteroatoms. The summed E-state index contributed by atoms with van der Waals surface area (Å²) in [5.41, 5.74) is 3.07. The Labute approximate surface area is 151 Å². The van der Waals surface area contributed by atoms with Crippen LogP contribution in [0.2, 0.25) is 0 Å². The molecule has 1 fully saturated rings. The fourth-order valence-electron chi connectivity index (χ4n) is 3.63. The van der Waals surface area contributed by atoms with Crippen molar-refractivity contribution in [2.45, 2.75) is 58.8 Å². The van der Waals surface area contributed by atoms with Crippen LogP contribution in [-0.4, -0.2) is 16.6 Å². The highest BCUT2D eigenvalue weighted by molar-refractivity contribution is 5.58. The van der Waals surface area contributed by atoms with Gasteiger partial charge in [-0.25, -0.2) is 0 Å². The molecule has 0 amide bonds. The number of rotatable bonds is 7. The number of aromatic nitrogens is 2. The minimum absolute atomic E-state index is 0.722. The van der Waals surface area contributed by atoms with Crippen molar-refractivity contribution < 1.29 is 4.74 Å². The molecule has 0 unspecified atom stereocenters. The molecule has 25 heavy (non-hydrogen) atoms. The van der Waals surface area contributed by atoms with E-state index in [4.69, 9.17) is 4.74 Å². The fourth-order valence-corrected chi connectivity index (χ4v) is 3.63. The molecule has 0 aliphatic heterocycles. The number of aryl methyl sites for hydroxylation is 1. The second kappa shape index (κ2) is 8.98. The van der Waals surface area contributed by atoms with Crippen LogP contribution in [0.1, 0.15) is 58.1 Å². The summed E-state index contributed by atoms with van der Waals surface area (Å²) in [5, 5.41) is 0. The van der Waals surface area contributed by atoms with Gasteiger partial charge in [-0.1, -0.05) is 39.5 Å². The Balaban J connectivity index is 1.52. The van der Waals surface area contributed by atoms with Crippen LogP contribution in [0.25, 0.3) is 11.3 Å². The minimum atomic E-state index is 0.722. The maximum atomic E-state index is 6.02. The predicted molar refractivity (Wildman–Crippen MR) is 103 cm³/mol. The largest absolute Gasteiger partial charge is 0.493 e. The van der Waals surface area contributed by atoms with Crippen LogP contribution >= 0.6 is 0 Å². The van der Waals surface area contributed by atoms with Gasteiger partial charge in [0.15, 0.2) is 0 Å². The van der Waals surface area contributed by atoms with E-state index in [9.17, 15) is 0 Å². The summed E-state index contributed by atoms with van der Waals surface area (Å²) in [6, 6.07) is 8.25. The van der Waals surface area contributed by atoms with Gasteiger partial charge in [-0.3, -0.25) is 9.97 Å². The van der Waals surface area contributed by atoms with E-state index in [-0.39, 0.29) is 0 Å². The zero-order chi connectivity index (χ0) is 17.5. The molecule has 0 radical (unpaired) electrons. The van der Waals surface area contributed by atoms with Gasteiger partial charge in [0.05, 0.1) is 24.2 Å².